The predicted molar refractivity (Wildman–Crippen MR) is 42.8 cm³/mol. The maximum absolute atomic E-state index is 11.1. The van der Waals surface area contributed by atoms with Gasteiger partial charge in [0.1, 0.15) is 0 Å². The molecule has 70 valence electrons. The topological polar surface area (TPSA) is 90.6 Å². The molecule has 0 aliphatic carbocycles. The number of nitrogens with two attached hydrogens (primary N) is 1. The highest BCUT2D eigenvalue weighted by atomic mass is 16.3. The summed E-state index contributed by atoms with van der Waals surface area (Å²) in [6.07, 6.45) is 0. The molecule has 1 aliphatic rings. The zero-order chi connectivity index (χ0) is 9.19. The number of carbonyl (C=O) groups excluding carboxylic acids is 1. The minimum atomic E-state index is -0.982. The molecule has 1 saturated heterocycles. The molecular weight excluding hydrogens is 160 g/mol. The molecule has 0 unspecified atom stereocenters. The fraction of sp³-hybridized carbons (Fsp3) is 0.833. The van der Waals surface area contributed by atoms with E-state index in [4.69, 9.17) is 10.8 Å². The fourth-order valence-corrected chi connectivity index (χ4v) is 1.12. The van der Waals surface area contributed by atoms with Gasteiger partial charge in [0.25, 0.3) is 5.91 Å². The molecule has 1 rings (SSSR count). The predicted octanol–water partition coefficient (Wildman–Crippen LogP) is -2.80. The van der Waals surface area contributed by atoms with E-state index in [2.05, 4.69) is 10.7 Å². The second kappa shape index (κ2) is 3.36. The average molecular weight is 174 g/mol. The molecule has 0 radical (unpaired) electrons. The second-order valence-corrected chi connectivity index (χ2v) is 2.85. The van der Waals surface area contributed by atoms with Gasteiger partial charge < -0.3 is 16.2 Å². The number of aliphatic hydroxyl groups is 1. The van der Waals surface area contributed by atoms with E-state index < -0.39 is 5.66 Å². The summed E-state index contributed by atoms with van der Waals surface area (Å²) >= 11 is 0. The number of likely N-dealkylation sites (N-methyl/N-ethyl adjacent to an activating group) is 1. The number of nitrogens with zero attached hydrogens (tertiary/aromatic N) is 1. The van der Waals surface area contributed by atoms with Crippen LogP contribution in [0.1, 0.15) is 0 Å². The molecule has 1 atom stereocenters. The number of nitrogens with one attached hydrogen (secondary N) is 2. The number of hydrogen-bond donors (Lipinski definition) is 4. The van der Waals surface area contributed by atoms with Crippen molar-refractivity contribution in [2.75, 3.05) is 26.7 Å². The van der Waals surface area contributed by atoms with Crippen LogP contribution < -0.4 is 16.5 Å². The largest absolute Gasteiger partial charge is 0.395 e. The molecule has 6 nitrogen and oxygen atoms in total. The first-order valence-corrected chi connectivity index (χ1v) is 3.76. The zero-order valence-corrected chi connectivity index (χ0v) is 7.00. The molecular formula is C6H14N4O2. The summed E-state index contributed by atoms with van der Waals surface area (Å²) in [5.41, 5.74) is 7.39. The van der Waals surface area contributed by atoms with Gasteiger partial charge in [0.15, 0.2) is 5.66 Å². The van der Waals surface area contributed by atoms with Gasteiger partial charge in [0.05, 0.1) is 6.61 Å². The van der Waals surface area contributed by atoms with Crippen molar-refractivity contribution >= 4 is 5.91 Å². The zero-order valence-electron chi connectivity index (χ0n) is 7.00. The SMILES string of the molecule is CN1N[C@](N)(CNCCO)C1=O. The lowest BCUT2D eigenvalue weighted by atomic mass is 10.1. The van der Waals surface area contributed by atoms with Crippen molar-refractivity contribution in [2.45, 2.75) is 5.66 Å². The smallest absolute Gasteiger partial charge is 0.274 e. The molecule has 0 aromatic rings. The van der Waals surface area contributed by atoms with Crippen LogP contribution in [0, 0.1) is 0 Å². The van der Waals surface area contributed by atoms with Crippen molar-refractivity contribution < 1.29 is 9.90 Å². The summed E-state index contributed by atoms with van der Waals surface area (Å²) < 4.78 is 0. The molecule has 0 spiro atoms. The van der Waals surface area contributed by atoms with Gasteiger partial charge >= 0.3 is 0 Å². The van der Waals surface area contributed by atoms with E-state index in [0.29, 0.717) is 13.1 Å². The summed E-state index contributed by atoms with van der Waals surface area (Å²) in [4.78, 5) is 11.1. The normalized spacial score (nSPS) is 28.9. The van der Waals surface area contributed by atoms with Gasteiger partial charge in [0, 0.05) is 20.1 Å². The lowest BCUT2D eigenvalue weighted by Gasteiger charge is -2.45. The summed E-state index contributed by atoms with van der Waals surface area (Å²) in [5.74, 6) is -0.145. The summed E-state index contributed by atoms with van der Waals surface area (Å²) in [6, 6.07) is 0. The number of hydrogen-bond acceptors (Lipinski definition) is 5. The molecule has 1 heterocycles. The van der Waals surface area contributed by atoms with Gasteiger partial charge in [-0.3, -0.25) is 9.80 Å². The Morgan fingerprint density at radius 1 is 1.83 bits per heavy atom. The molecule has 0 bridgehead atoms. The summed E-state index contributed by atoms with van der Waals surface area (Å²) in [5, 5.41) is 12.6. The molecule has 6 heteroatoms. The van der Waals surface area contributed by atoms with Crippen LogP contribution in [-0.4, -0.2) is 48.4 Å². The van der Waals surface area contributed by atoms with Crippen LogP contribution in [0.3, 0.4) is 0 Å². The van der Waals surface area contributed by atoms with E-state index in [9.17, 15) is 4.79 Å². The van der Waals surface area contributed by atoms with E-state index in [0.717, 1.165) is 0 Å². The number of carbonyl (C=O) groups is 1. The summed E-state index contributed by atoms with van der Waals surface area (Å²) in [7, 11) is 1.61. The van der Waals surface area contributed by atoms with Gasteiger partial charge in [-0.15, -0.1) is 0 Å². The Bertz CT molecular complexity index is 186. The fourth-order valence-electron chi connectivity index (χ4n) is 1.12. The maximum atomic E-state index is 11.1. The first-order chi connectivity index (χ1) is 5.60. The average Bonchev–Trinajstić information content (AvgIpc) is 2.05. The highest BCUT2D eigenvalue weighted by Gasteiger charge is 2.46. The van der Waals surface area contributed by atoms with E-state index >= 15 is 0 Å². The van der Waals surface area contributed by atoms with E-state index in [1.165, 1.54) is 5.01 Å². The quantitative estimate of drug-likeness (QED) is 0.346. The second-order valence-electron chi connectivity index (χ2n) is 2.85. The highest BCUT2D eigenvalue weighted by molar-refractivity contribution is 5.90. The molecule has 0 saturated carbocycles. The Kier molecular flexibility index (Phi) is 2.63. The Labute approximate surface area is 70.7 Å². The van der Waals surface area contributed by atoms with Crippen LogP contribution in [0.15, 0.2) is 0 Å². The van der Waals surface area contributed by atoms with Crippen LogP contribution in [0.4, 0.5) is 0 Å². The van der Waals surface area contributed by atoms with Crippen LogP contribution in [-0.2, 0) is 4.79 Å². The maximum Gasteiger partial charge on any atom is 0.274 e. The Morgan fingerprint density at radius 2 is 2.50 bits per heavy atom. The van der Waals surface area contributed by atoms with Crippen molar-refractivity contribution in [3.05, 3.63) is 0 Å². The number of amides is 1. The molecule has 0 aromatic carbocycles. The third-order valence-corrected chi connectivity index (χ3v) is 1.75. The third kappa shape index (κ3) is 1.56. The van der Waals surface area contributed by atoms with Crippen molar-refractivity contribution in [1.82, 2.24) is 15.8 Å². The number of rotatable bonds is 4. The van der Waals surface area contributed by atoms with Gasteiger partial charge in [-0.25, -0.2) is 5.43 Å². The first-order valence-electron chi connectivity index (χ1n) is 3.76. The number of aliphatic hydroxyl groups excluding tert-OH is 1. The van der Waals surface area contributed by atoms with E-state index in [-0.39, 0.29) is 12.5 Å². The van der Waals surface area contributed by atoms with Gasteiger partial charge in [-0.2, -0.15) is 0 Å². The van der Waals surface area contributed by atoms with Crippen LogP contribution in [0.2, 0.25) is 0 Å². The lowest BCUT2D eigenvalue weighted by Crippen LogP contribution is -2.82. The van der Waals surface area contributed by atoms with Crippen LogP contribution >= 0.6 is 0 Å². The van der Waals surface area contributed by atoms with Crippen LogP contribution in [0.25, 0.3) is 0 Å². The molecule has 0 aromatic heterocycles. The van der Waals surface area contributed by atoms with Crippen molar-refractivity contribution in [3.8, 4) is 0 Å². The highest BCUT2D eigenvalue weighted by Crippen LogP contribution is 2.09. The third-order valence-electron chi connectivity index (χ3n) is 1.75. The Hall–Kier alpha value is -0.690. The molecule has 12 heavy (non-hydrogen) atoms. The van der Waals surface area contributed by atoms with Gasteiger partial charge in [0.2, 0.25) is 0 Å². The van der Waals surface area contributed by atoms with Gasteiger partial charge in [-0.05, 0) is 0 Å². The van der Waals surface area contributed by atoms with E-state index in [1.807, 2.05) is 0 Å². The number of hydrazine groups is 1. The van der Waals surface area contributed by atoms with Crippen molar-refractivity contribution in [3.63, 3.8) is 0 Å². The summed E-state index contributed by atoms with van der Waals surface area (Å²) in [6.45, 7) is 0.814. The van der Waals surface area contributed by atoms with Gasteiger partial charge in [-0.1, -0.05) is 0 Å². The lowest BCUT2D eigenvalue weighted by molar-refractivity contribution is -0.160. The Morgan fingerprint density at radius 3 is 2.92 bits per heavy atom. The molecule has 1 aliphatic heterocycles. The Balaban J connectivity index is 2.27. The monoisotopic (exact) mass is 174 g/mol. The van der Waals surface area contributed by atoms with Crippen LogP contribution in [0.5, 0.6) is 0 Å². The standard InChI is InChI=1S/C6H14N4O2/c1-10-5(12)6(7,9-10)4-8-2-3-11/h8-9,11H,2-4,7H2,1H3/t6-/m1/s1. The molecule has 5 N–H and O–H groups in total. The molecule has 1 fully saturated rings. The van der Waals surface area contributed by atoms with Crippen molar-refractivity contribution in [2.24, 2.45) is 5.73 Å². The van der Waals surface area contributed by atoms with E-state index in [1.54, 1.807) is 7.05 Å². The minimum absolute atomic E-state index is 0.0418. The van der Waals surface area contributed by atoms with Crippen molar-refractivity contribution in [1.29, 1.82) is 0 Å². The molecule has 1 amide bonds. The minimum Gasteiger partial charge on any atom is -0.395 e. The first kappa shape index (κ1) is 9.40.